The van der Waals surface area contributed by atoms with Crippen LogP contribution in [0.3, 0.4) is 0 Å². The molecule has 0 bridgehead atoms. The van der Waals surface area contributed by atoms with Crippen LogP contribution in [0.25, 0.3) is 0 Å². The molecule has 0 saturated carbocycles. The van der Waals surface area contributed by atoms with Gasteiger partial charge in [-0.2, -0.15) is 0 Å². The zero-order valence-corrected chi connectivity index (χ0v) is 11.5. The minimum Gasteiger partial charge on any atom is -0.481 e. The first-order valence-electron chi connectivity index (χ1n) is 6.52. The van der Waals surface area contributed by atoms with Crippen molar-refractivity contribution in [3.8, 4) is 0 Å². The van der Waals surface area contributed by atoms with Crippen LogP contribution in [0.5, 0.6) is 0 Å². The third kappa shape index (κ3) is 4.88. The second kappa shape index (κ2) is 7.17. The topological polar surface area (TPSA) is 40.5 Å². The Kier molecular flexibility index (Phi) is 5.86. The van der Waals surface area contributed by atoms with Gasteiger partial charge in [0.25, 0.3) is 0 Å². The molecule has 18 heavy (non-hydrogen) atoms. The number of aryl methyl sites for hydroxylation is 1. The molecule has 0 radical (unpaired) electrons. The Balaban J connectivity index is 2.55. The maximum Gasteiger partial charge on any atom is 0.307 e. The van der Waals surface area contributed by atoms with Gasteiger partial charge in [-0.3, -0.25) is 4.79 Å². The fraction of sp³-hybridized carbons (Fsp3) is 0.533. The molecule has 1 atom stereocenters. The zero-order chi connectivity index (χ0) is 13.5. The summed E-state index contributed by atoms with van der Waals surface area (Å²) in [5.41, 5.74) is 2.61. The van der Waals surface area contributed by atoms with Crippen LogP contribution in [-0.2, 0) is 17.8 Å². The van der Waals surface area contributed by atoms with E-state index in [1.165, 1.54) is 11.1 Å². The van der Waals surface area contributed by atoms with Crippen molar-refractivity contribution in [2.75, 3.05) is 13.6 Å². The minimum absolute atomic E-state index is 0.325. The highest BCUT2D eigenvalue weighted by Gasteiger charge is 2.13. The van der Waals surface area contributed by atoms with Crippen LogP contribution in [0.2, 0.25) is 0 Å². The predicted octanol–water partition coefficient (Wildman–Crippen LogP) is 2.79. The van der Waals surface area contributed by atoms with Gasteiger partial charge in [0.1, 0.15) is 0 Å². The number of hydrogen-bond donors (Lipinski definition) is 1. The molecule has 3 heteroatoms. The normalized spacial score (nSPS) is 12.7. The van der Waals surface area contributed by atoms with Gasteiger partial charge in [0.05, 0.1) is 5.92 Å². The molecule has 0 aliphatic carbocycles. The van der Waals surface area contributed by atoms with E-state index in [2.05, 4.69) is 36.1 Å². The first-order valence-corrected chi connectivity index (χ1v) is 6.52. The second-order valence-corrected chi connectivity index (χ2v) is 5.01. The van der Waals surface area contributed by atoms with Crippen LogP contribution in [0, 0.1) is 5.92 Å². The maximum absolute atomic E-state index is 10.8. The molecule has 0 saturated heterocycles. The monoisotopic (exact) mass is 249 g/mol. The lowest BCUT2D eigenvalue weighted by molar-refractivity contribution is -0.141. The highest BCUT2D eigenvalue weighted by atomic mass is 16.4. The number of aliphatic carboxylic acids is 1. The molecule has 0 aliphatic heterocycles. The summed E-state index contributed by atoms with van der Waals surface area (Å²) in [5, 5.41) is 8.88. The van der Waals surface area contributed by atoms with Crippen molar-refractivity contribution in [1.29, 1.82) is 0 Å². The van der Waals surface area contributed by atoms with Gasteiger partial charge in [-0.1, -0.05) is 44.5 Å². The molecule has 0 aromatic heterocycles. The van der Waals surface area contributed by atoms with Crippen LogP contribution >= 0.6 is 0 Å². The molecule has 1 unspecified atom stereocenters. The van der Waals surface area contributed by atoms with Gasteiger partial charge in [0, 0.05) is 13.1 Å². The zero-order valence-electron chi connectivity index (χ0n) is 11.5. The summed E-state index contributed by atoms with van der Waals surface area (Å²) >= 11 is 0. The van der Waals surface area contributed by atoms with E-state index in [0.29, 0.717) is 6.54 Å². The van der Waals surface area contributed by atoms with Crippen LogP contribution in [0.15, 0.2) is 24.3 Å². The smallest absolute Gasteiger partial charge is 0.307 e. The number of benzene rings is 1. The van der Waals surface area contributed by atoms with E-state index in [4.69, 9.17) is 5.11 Å². The molecular formula is C15H23NO2. The third-order valence-electron chi connectivity index (χ3n) is 2.99. The van der Waals surface area contributed by atoms with Crippen LogP contribution in [0.1, 0.15) is 31.4 Å². The Morgan fingerprint density at radius 3 is 2.67 bits per heavy atom. The molecule has 0 amide bonds. The Bertz CT molecular complexity index is 390. The van der Waals surface area contributed by atoms with E-state index in [1.54, 1.807) is 6.92 Å². The van der Waals surface area contributed by atoms with Gasteiger partial charge in [-0.25, -0.2) is 0 Å². The number of rotatable bonds is 7. The summed E-state index contributed by atoms with van der Waals surface area (Å²) < 4.78 is 0. The molecule has 1 aromatic carbocycles. The summed E-state index contributed by atoms with van der Waals surface area (Å²) in [6, 6.07) is 8.54. The van der Waals surface area contributed by atoms with Crippen molar-refractivity contribution in [2.45, 2.75) is 33.2 Å². The third-order valence-corrected chi connectivity index (χ3v) is 2.99. The van der Waals surface area contributed by atoms with E-state index in [-0.39, 0.29) is 5.92 Å². The van der Waals surface area contributed by atoms with E-state index in [9.17, 15) is 4.79 Å². The number of carboxylic acids is 1. The Hall–Kier alpha value is -1.35. The quantitative estimate of drug-likeness (QED) is 0.807. The van der Waals surface area contributed by atoms with Gasteiger partial charge in [0.2, 0.25) is 0 Å². The molecule has 3 nitrogen and oxygen atoms in total. The lowest BCUT2D eigenvalue weighted by Crippen LogP contribution is -2.28. The van der Waals surface area contributed by atoms with E-state index in [0.717, 1.165) is 19.4 Å². The molecule has 0 aliphatic rings. The van der Waals surface area contributed by atoms with Crippen molar-refractivity contribution in [3.05, 3.63) is 35.4 Å². The summed E-state index contributed by atoms with van der Waals surface area (Å²) in [5.74, 6) is -1.06. The average molecular weight is 249 g/mol. The number of hydrogen-bond acceptors (Lipinski definition) is 2. The maximum atomic E-state index is 10.8. The minimum atomic E-state index is -0.735. The van der Waals surface area contributed by atoms with Gasteiger partial charge in [-0.15, -0.1) is 0 Å². The highest BCUT2D eigenvalue weighted by Crippen LogP contribution is 2.10. The SMILES string of the molecule is CCCc1cccc(CN(C)CC(C)C(=O)O)c1. The number of carboxylic acid groups (broad SMARTS) is 1. The second-order valence-electron chi connectivity index (χ2n) is 5.01. The molecule has 0 fully saturated rings. The molecule has 1 rings (SSSR count). The fourth-order valence-corrected chi connectivity index (χ4v) is 2.09. The van der Waals surface area contributed by atoms with Gasteiger partial charge in [0.15, 0.2) is 0 Å². The summed E-state index contributed by atoms with van der Waals surface area (Å²) in [6.45, 7) is 5.29. The van der Waals surface area contributed by atoms with Crippen molar-refractivity contribution < 1.29 is 9.90 Å². The fourth-order valence-electron chi connectivity index (χ4n) is 2.09. The standard InChI is InChI=1S/C15H23NO2/c1-4-6-13-7-5-8-14(9-13)11-16(3)10-12(2)15(17)18/h5,7-9,12H,4,6,10-11H2,1-3H3,(H,17,18). The van der Waals surface area contributed by atoms with Gasteiger partial charge >= 0.3 is 5.97 Å². The first kappa shape index (κ1) is 14.7. The molecular weight excluding hydrogens is 226 g/mol. The van der Waals surface area contributed by atoms with Gasteiger partial charge < -0.3 is 10.0 Å². The lowest BCUT2D eigenvalue weighted by Gasteiger charge is -2.19. The van der Waals surface area contributed by atoms with Crippen molar-refractivity contribution >= 4 is 5.97 Å². The summed E-state index contributed by atoms with van der Waals surface area (Å²) in [6.07, 6.45) is 2.25. The first-order chi connectivity index (χ1) is 8.52. The van der Waals surface area contributed by atoms with Crippen molar-refractivity contribution in [2.24, 2.45) is 5.92 Å². The summed E-state index contributed by atoms with van der Waals surface area (Å²) in [4.78, 5) is 12.9. The highest BCUT2D eigenvalue weighted by molar-refractivity contribution is 5.69. The molecule has 0 spiro atoms. The molecule has 100 valence electrons. The van der Waals surface area contributed by atoms with E-state index in [1.807, 2.05) is 7.05 Å². The predicted molar refractivity (Wildman–Crippen MR) is 73.6 cm³/mol. The molecule has 1 N–H and O–H groups in total. The Morgan fingerprint density at radius 1 is 1.39 bits per heavy atom. The molecule has 1 aromatic rings. The van der Waals surface area contributed by atoms with Crippen molar-refractivity contribution in [1.82, 2.24) is 4.90 Å². The average Bonchev–Trinajstić information content (AvgIpc) is 2.29. The Morgan fingerprint density at radius 2 is 2.06 bits per heavy atom. The van der Waals surface area contributed by atoms with Crippen LogP contribution in [-0.4, -0.2) is 29.6 Å². The largest absolute Gasteiger partial charge is 0.481 e. The number of nitrogens with zero attached hydrogens (tertiary/aromatic N) is 1. The van der Waals surface area contributed by atoms with E-state index >= 15 is 0 Å². The lowest BCUT2D eigenvalue weighted by atomic mass is 10.1. The summed E-state index contributed by atoms with van der Waals surface area (Å²) in [7, 11) is 1.96. The van der Waals surface area contributed by atoms with E-state index < -0.39 is 5.97 Å². The van der Waals surface area contributed by atoms with Gasteiger partial charge in [-0.05, 0) is 24.6 Å². The van der Waals surface area contributed by atoms with Crippen LogP contribution in [0.4, 0.5) is 0 Å². The molecule has 0 heterocycles. The number of carbonyl (C=O) groups is 1. The van der Waals surface area contributed by atoms with Crippen LogP contribution < -0.4 is 0 Å². The van der Waals surface area contributed by atoms with Crippen molar-refractivity contribution in [3.63, 3.8) is 0 Å². The Labute approximate surface area is 109 Å².